The normalized spacial score (nSPS) is 19.3. The Morgan fingerprint density at radius 1 is 1.59 bits per heavy atom. The highest BCUT2D eigenvalue weighted by Crippen LogP contribution is 2.22. The number of hydrogen-bond donors (Lipinski definition) is 1. The highest BCUT2D eigenvalue weighted by molar-refractivity contribution is 5.47. The molecule has 0 saturated carbocycles. The molecule has 6 heteroatoms. The number of nitrogens with zero attached hydrogens (tertiary/aromatic N) is 3. The number of likely N-dealkylation sites (N-methyl/N-ethyl adjacent to an activating group) is 1. The van der Waals surface area contributed by atoms with E-state index in [0.29, 0.717) is 11.7 Å². The van der Waals surface area contributed by atoms with E-state index in [4.69, 9.17) is 0 Å². The fourth-order valence-corrected chi connectivity index (χ4v) is 2.09. The standard InChI is InChI=1S/C11H16N4O2/c1-8-10(15(16)17)3-4-11(13-8)14(2)9-5-6-12-7-9/h3-4,9,12H,5-7H2,1-2H3. The van der Waals surface area contributed by atoms with Crippen molar-refractivity contribution in [3.05, 3.63) is 27.9 Å². The summed E-state index contributed by atoms with van der Waals surface area (Å²) in [5.74, 6) is 0.793. The van der Waals surface area contributed by atoms with Crippen molar-refractivity contribution in [3.63, 3.8) is 0 Å². The van der Waals surface area contributed by atoms with Gasteiger partial charge in [-0.15, -0.1) is 0 Å². The molecule has 92 valence electrons. The van der Waals surface area contributed by atoms with E-state index >= 15 is 0 Å². The Bertz CT molecular complexity index is 429. The molecule has 1 aliphatic rings. The van der Waals surface area contributed by atoms with Gasteiger partial charge in [0.05, 0.1) is 4.92 Å². The fourth-order valence-electron chi connectivity index (χ4n) is 2.09. The second-order valence-electron chi connectivity index (χ2n) is 4.29. The lowest BCUT2D eigenvalue weighted by atomic mass is 10.2. The quantitative estimate of drug-likeness (QED) is 0.628. The lowest BCUT2D eigenvalue weighted by Crippen LogP contribution is -2.34. The van der Waals surface area contributed by atoms with Gasteiger partial charge in [0.1, 0.15) is 11.5 Å². The van der Waals surface area contributed by atoms with Crippen LogP contribution in [0.4, 0.5) is 11.5 Å². The number of nitro groups is 1. The Morgan fingerprint density at radius 2 is 2.35 bits per heavy atom. The maximum atomic E-state index is 10.7. The van der Waals surface area contributed by atoms with Gasteiger partial charge in [0.2, 0.25) is 0 Å². The van der Waals surface area contributed by atoms with Crippen LogP contribution in [0.5, 0.6) is 0 Å². The number of hydrogen-bond acceptors (Lipinski definition) is 5. The molecule has 17 heavy (non-hydrogen) atoms. The van der Waals surface area contributed by atoms with E-state index < -0.39 is 4.92 Å². The van der Waals surface area contributed by atoms with Crippen LogP contribution in [0.1, 0.15) is 12.1 Å². The topological polar surface area (TPSA) is 71.3 Å². The van der Waals surface area contributed by atoms with Gasteiger partial charge in [0.25, 0.3) is 5.69 Å². The van der Waals surface area contributed by atoms with Gasteiger partial charge >= 0.3 is 0 Å². The second kappa shape index (κ2) is 4.67. The predicted octanol–water partition coefficient (Wildman–Crippen LogP) is 1.10. The maximum absolute atomic E-state index is 10.7. The average Bonchev–Trinajstić information content (AvgIpc) is 2.80. The molecule has 1 N–H and O–H groups in total. The Hall–Kier alpha value is -1.69. The predicted molar refractivity (Wildman–Crippen MR) is 65.3 cm³/mol. The van der Waals surface area contributed by atoms with Crippen molar-refractivity contribution in [1.82, 2.24) is 10.3 Å². The molecule has 1 unspecified atom stereocenters. The monoisotopic (exact) mass is 236 g/mol. The number of aryl methyl sites for hydroxylation is 1. The highest BCUT2D eigenvalue weighted by Gasteiger charge is 2.21. The summed E-state index contributed by atoms with van der Waals surface area (Å²) in [5, 5.41) is 14.0. The van der Waals surface area contributed by atoms with E-state index in [2.05, 4.69) is 15.2 Å². The number of nitrogens with one attached hydrogen (secondary N) is 1. The molecule has 0 bridgehead atoms. The smallest absolute Gasteiger partial charge is 0.290 e. The van der Waals surface area contributed by atoms with Crippen LogP contribution in [-0.2, 0) is 0 Å². The van der Waals surface area contributed by atoms with E-state index in [-0.39, 0.29) is 5.69 Å². The molecule has 1 aromatic heterocycles. The number of pyridine rings is 1. The summed E-state index contributed by atoms with van der Waals surface area (Å²) < 4.78 is 0. The minimum Gasteiger partial charge on any atom is -0.355 e. The zero-order valence-corrected chi connectivity index (χ0v) is 10.0. The molecule has 6 nitrogen and oxygen atoms in total. The van der Waals surface area contributed by atoms with Gasteiger partial charge in [-0.05, 0) is 26.0 Å². The molecular formula is C11H16N4O2. The Labute approximate surface area is 99.8 Å². The molecule has 2 rings (SSSR count). The number of rotatable bonds is 3. The second-order valence-corrected chi connectivity index (χ2v) is 4.29. The fraction of sp³-hybridized carbons (Fsp3) is 0.545. The van der Waals surface area contributed by atoms with Crippen molar-refractivity contribution in [2.75, 3.05) is 25.0 Å². The highest BCUT2D eigenvalue weighted by atomic mass is 16.6. The maximum Gasteiger partial charge on any atom is 0.290 e. The number of aromatic nitrogens is 1. The summed E-state index contributed by atoms with van der Waals surface area (Å²) in [5.41, 5.74) is 0.539. The molecule has 1 aromatic rings. The summed E-state index contributed by atoms with van der Waals surface area (Å²) in [6.45, 7) is 3.62. The minimum atomic E-state index is -0.400. The van der Waals surface area contributed by atoms with Crippen LogP contribution in [0.3, 0.4) is 0 Å². The first kappa shape index (κ1) is 11.8. The van der Waals surface area contributed by atoms with Gasteiger partial charge in [-0.25, -0.2) is 4.98 Å². The van der Waals surface area contributed by atoms with Crippen LogP contribution < -0.4 is 10.2 Å². The Morgan fingerprint density at radius 3 is 2.88 bits per heavy atom. The first-order chi connectivity index (χ1) is 8.09. The van der Waals surface area contributed by atoms with Crippen molar-refractivity contribution < 1.29 is 4.92 Å². The lowest BCUT2D eigenvalue weighted by Gasteiger charge is -2.24. The third-order valence-electron chi connectivity index (χ3n) is 3.18. The first-order valence-corrected chi connectivity index (χ1v) is 5.65. The molecule has 1 atom stereocenters. The molecule has 2 heterocycles. The molecule has 0 spiro atoms. The largest absolute Gasteiger partial charge is 0.355 e. The Balaban J connectivity index is 2.21. The van der Waals surface area contributed by atoms with Gasteiger partial charge < -0.3 is 10.2 Å². The molecule has 1 fully saturated rings. The van der Waals surface area contributed by atoms with Gasteiger partial charge in [-0.3, -0.25) is 10.1 Å². The SMILES string of the molecule is Cc1nc(N(C)C2CCNC2)ccc1[N+](=O)[O-]. The average molecular weight is 236 g/mol. The van der Waals surface area contributed by atoms with Crippen LogP contribution >= 0.6 is 0 Å². The van der Waals surface area contributed by atoms with Crippen LogP contribution in [0, 0.1) is 17.0 Å². The van der Waals surface area contributed by atoms with E-state index in [1.807, 2.05) is 7.05 Å². The molecule has 0 radical (unpaired) electrons. The van der Waals surface area contributed by atoms with E-state index in [1.54, 1.807) is 13.0 Å². The van der Waals surface area contributed by atoms with Crippen molar-refractivity contribution >= 4 is 11.5 Å². The van der Waals surface area contributed by atoms with E-state index in [9.17, 15) is 10.1 Å². The van der Waals surface area contributed by atoms with Gasteiger partial charge in [-0.2, -0.15) is 0 Å². The van der Waals surface area contributed by atoms with Crippen molar-refractivity contribution in [2.24, 2.45) is 0 Å². The molecular weight excluding hydrogens is 220 g/mol. The number of anilines is 1. The van der Waals surface area contributed by atoms with Crippen LogP contribution in [-0.4, -0.2) is 36.1 Å². The van der Waals surface area contributed by atoms with Crippen LogP contribution in [0.15, 0.2) is 12.1 Å². The zero-order valence-electron chi connectivity index (χ0n) is 10.0. The van der Waals surface area contributed by atoms with Crippen molar-refractivity contribution in [2.45, 2.75) is 19.4 Å². The summed E-state index contributed by atoms with van der Waals surface area (Å²) in [7, 11) is 1.98. The van der Waals surface area contributed by atoms with E-state index in [1.165, 1.54) is 6.07 Å². The Kier molecular flexibility index (Phi) is 3.23. The summed E-state index contributed by atoms with van der Waals surface area (Å²) >= 11 is 0. The third-order valence-corrected chi connectivity index (χ3v) is 3.18. The molecule has 0 aliphatic carbocycles. The van der Waals surface area contributed by atoms with Gasteiger partial charge in [-0.1, -0.05) is 0 Å². The van der Waals surface area contributed by atoms with E-state index in [0.717, 1.165) is 25.3 Å². The first-order valence-electron chi connectivity index (χ1n) is 5.65. The molecule has 0 aromatic carbocycles. The summed E-state index contributed by atoms with van der Waals surface area (Å²) in [6, 6.07) is 3.66. The minimum absolute atomic E-state index is 0.0756. The molecule has 1 saturated heterocycles. The van der Waals surface area contributed by atoms with Gasteiger partial charge in [0, 0.05) is 25.7 Å². The lowest BCUT2D eigenvalue weighted by molar-refractivity contribution is -0.385. The van der Waals surface area contributed by atoms with Crippen LogP contribution in [0.25, 0.3) is 0 Å². The third kappa shape index (κ3) is 2.36. The van der Waals surface area contributed by atoms with Crippen molar-refractivity contribution in [1.29, 1.82) is 0 Å². The summed E-state index contributed by atoms with van der Waals surface area (Å²) in [4.78, 5) is 16.7. The summed E-state index contributed by atoms with van der Waals surface area (Å²) in [6.07, 6.45) is 1.08. The van der Waals surface area contributed by atoms with Crippen molar-refractivity contribution in [3.8, 4) is 0 Å². The molecule has 0 amide bonds. The van der Waals surface area contributed by atoms with Gasteiger partial charge in [0.15, 0.2) is 0 Å². The zero-order chi connectivity index (χ0) is 12.4. The van der Waals surface area contributed by atoms with Crippen LogP contribution in [0.2, 0.25) is 0 Å². The molecule has 1 aliphatic heterocycles.